The SMILES string of the molecule is CCc1nc(C(C)(N)CC(C)C)sc1C. The molecule has 1 rings (SSSR count). The van der Waals surface area contributed by atoms with E-state index in [2.05, 4.69) is 39.6 Å². The lowest BCUT2D eigenvalue weighted by Crippen LogP contribution is -2.34. The Morgan fingerprint density at radius 1 is 1.47 bits per heavy atom. The minimum Gasteiger partial charge on any atom is -0.320 e. The van der Waals surface area contributed by atoms with Crippen LogP contribution < -0.4 is 5.73 Å². The average molecular weight is 226 g/mol. The van der Waals surface area contributed by atoms with Gasteiger partial charge in [-0.1, -0.05) is 20.8 Å². The first-order valence-corrected chi connectivity index (χ1v) is 6.44. The maximum Gasteiger partial charge on any atom is 0.113 e. The molecular weight excluding hydrogens is 204 g/mol. The Bertz CT molecular complexity index is 326. The highest BCUT2D eigenvalue weighted by atomic mass is 32.1. The van der Waals surface area contributed by atoms with E-state index in [0.717, 1.165) is 17.8 Å². The molecule has 0 amide bonds. The summed E-state index contributed by atoms with van der Waals surface area (Å²) >= 11 is 1.75. The lowest BCUT2D eigenvalue weighted by Gasteiger charge is -2.24. The fourth-order valence-electron chi connectivity index (χ4n) is 1.94. The molecule has 2 N–H and O–H groups in total. The Labute approximate surface area is 96.9 Å². The minimum atomic E-state index is -0.267. The zero-order valence-corrected chi connectivity index (χ0v) is 11.2. The van der Waals surface area contributed by atoms with Crippen molar-refractivity contribution in [2.75, 3.05) is 0 Å². The van der Waals surface area contributed by atoms with Gasteiger partial charge in [0.05, 0.1) is 11.2 Å². The van der Waals surface area contributed by atoms with Crippen LogP contribution in [0, 0.1) is 12.8 Å². The van der Waals surface area contributed by atoms with Gasteiger partial charge in [-0.25, -0.2) is 4.98 Å². The van der Waals surface area contributed by atoms with Gasteiger partial charge in [-0.05, 0) is 32.6 Å². The van der Waals surface area contributed by atoms with Crippen LogP contribution in [0.1, 0.15) is 49.7 Å². The molecule has 2 nitrogen and oxygen atoms in total. The van der Waals surface area contributed by atoms with Gasteiger partial charge >= 0.3 is 0 Å². The van der Waals surface area contributed by atoms with Crippen LogP contribution in [0.25, 0.3) is 0 Å². The maximum absolute atomic E-state index is 6.32. The Morgan fingerprint density at radius 3 is 2.47 bits per heavy atom. The molecule has 0 aliphatic rings. The van der Waals surface area contributed by atoms with E-state index >= 15 is 0 Å². The molecule has 0 aliphatic heterocycles. The molecule has 1 aromatic heterocycles. The Hall–Kier alpha value is -0.410. The summed E-state index contributed by atoms with van der Waals surface area (Å²) in [7, 11) is 0. The van der Waals surface area contributed by atoms with E-state index in [1.807, 2.05) is 0 Å². The van der Waals surface area contributed by atoms with Crippen LogP contribution in [0.2, 0.25) is 0 Å². The molecule has 0 bridgehead atoms. The molecule has 0 aliphatic carbocycles. The van der Waals surface area contributed by atoms with Crippen LogP contribution in [-0.2, 0) is 12.0 Å². The monoisotopic (exact) mass is 226 g/mol. The number of nitrogens with two attached hydrogens (primary N) is 1. The molecule has 1 atom stereocenters. The van der Waals surface area contributed by atoms with E-state index in [4.69, 9.17) is 5.73 Å². The Balaban J connectivity index is 2.94. The topological polar surface area (TPSA) is 38.9 Å². The summed E-state index contributed by atoms with van der Waals surface area (Å²) in [5.41, 5.74) is 7.26. The van der Waals surface area contributed by atoms with Gasteiger partial charge in [-0.2, -0.15) is 0 Å². The maximum atomic E-state index is 6.32. The van der Waals surface area contributed by atoms with Crippen molar-refractivity contribution >= 4 is 11.3 Å². The van der Waals surface area contributed by atoms with Crippen molar-refractivity contribution in [3.8, 4) is 0 Å². The third-order valence-corrected chi connectivity index (χ3v) is 3.84. The molecule has 3 heteroatoms. The lowest BCUT2D eigenvalue weighted by atomic mass is 9.92. The van der Waals surface area contributed by atoms with Gasteiger partial charge in [-0.15, -0.1) is 11.3 Å². The molecule has 0 spiro atoms. The summed E-state index contributed by atoms with van der Waals surface area (Å²) in [6, 6.07) is 0. The van der Waals surface area contributed by atoms with E-state index in [1.165, 1.54) is 10.6 Å². The van der Waals surface area contributed by atoms with Crippen molar-refractivity contribution in [2.45, 2.75) is 53.0 Å². The van der Waals surface area contributed by atoms with Crippen LogP contribution in [0.4, 0.5) is 0 Å². The second-order valence-electron chi connectivity index (χ2n) is 4.89. The number of hydrogen-bond donors (Lipinski definition) is 1. The van der Waals surface area contributed by atoms with Gasteiger partial charge in [0.15, 0.2) is 0 Å². The van der Waals surface area contributed by atoms with E-state index in [9.17, 15) is 0 Å². The summed E-state index contributed by atoms with van der Waals surface area (Å²) < 4.78 is 0. The second kappa shape index (κ2) is 4.62. The second-order valence-corrected chi connectivity index (χ2v) is 6.09. The third-order valence-electron chi connectivity index (χ3n) is 2.55. The first kappa shape index (κ1) is 12.7. The fraction of sp³-hybridized carbons (Fsp3) is 0.750. The molecule has 0 saturated heterocycles. The summed E-state index contributed by atoms with van der Waals surface area (Å²) in [4.78, 5) is 5.96. The normalized spacial score (nSPS) is 15.7. The summed E-state index contributed by atoms with van der Waals surface area (Å²) in [5, 5.41) is 1.09. The van der Waals surface area contributed by atoms with E-state index in [1.54, 1.807) is 11.3 Å². The first-order chi connectivity index (χ1) is 6.86. The Kier molecular flexibility index (Phi) is 3.90. The van der Waals surface area contributed by atoms with Crippen molar-refractivity contribution in [1.82, 2.24) is 4.98 Å². The van der Waals surface area contributed by atoms with Gasteiger partial charge in [0, 0.05) is 4.88 Å². The quantitative estimate of drug-likeness (QED) is 0.856. The van der Waals surface area contributed by atoms with Gasteiger partial charge in [0.25, 0.3) is 0 Å². The number of aromatic nitrogens is 1. The Morgan fingerprint density at radius 2 is 2.07 bits per heavy atom. The van der Waals surface area contributed by atoms with Crippen LogP contribution >= 0.6 is 11.3 Å². The molecule has 1 unspecified atom stereocenters. The predicted molar refractivity (Wildman–Crippen MR) is 67.2 cm³/mol. The first-order valence-electron chi connectivity index (χ1n) is 5.62. The van der Waals surface area contributed by atoms with Gasteiger partial charge in [0.2, 0.25) is 0 Å². The summed E-state index contributed by atoms with van der Waals surface area (Å²) in [5.74, 6) is 0.606. The van der Waals surface area contributed by atoms with Crippen molar-refractivity contribution in [3.63, 3.8) is 0 Å². The number of thiazole rings is 1. The fourth-order valence-corrected chi connectivity index (χ4v) is 3.01. The zero-order chi connectivity index (χ0) is 11.6. The highest BCUT2D eigenvalue weighted by molar-refractivity contribution is 7.11. The number of nitrogens with zero attached hydrogens (tertiary/aromatic N) is 1. The molecule has 0 aromatic carbocycles. The molecular formula is C12H22N2S. The molecule has 0 radical (unpaired) electrons. The van der Waals surface area contributed by atoms with Crippen molar-refractivity contribution < 1.29 is 0 Å². The number of rotatable bonds is 4. The zero-order valence-electron chi connectivity index (χ0n) is 10.4. The molecule has 15 heavy (non-hydrogen) atoms. The molecule has 1 aromatic rings. The van der Waals surface area contributed by atoms with E-state index < -0.39 is 0 Å². The van der Waals surface area contributed by atoms with E-state index in [-0.39, 0.29) is 5.54 Å². The third kappa shape index (κ3) is 3.02. The predicted octanol–water partition coefficient (Wildman–Crippen LogP) is 3.23. The van der Waals surface area contributed by atoms with Crippen molar-refractivity contribution in [2.24, 2.45) is 11.7 Å². The smallest absolute Gasteiger partial charge is 0.113 e. The summed E-state index contributed by atoms with van der Waals surface area (Å²) in [6.45, 7) is 10.8. The molecule has 1 heterocycles. The van der Waals surface area contributed by atoms with Gasteiger partial charge < -0.3 is 5.73 Å². The van der Waals surface area contributed by atoms with E-state index in [0.29, 0.717) is 5.92 Å². The largest absolute Gasteiger partial charge is 0.320 e. The van der Waals surface area contributed by atoms with Crippen LogP contribution in [0.15, 0.2) is 0 Å². The highest BCUT2D eigenvalue weighted by Crippen LogP contribution is 2.30. The standard InChI is InChI=1S/C12H22N2S/c1-6-10-9(4)15-11(14-10)12(5,13)7-8(2)3/h8H,6-7,13H2,1-5H3. The molecule has 0 saturated carbocycles. The van der Waals surface area contributed by atoms with Crippen molar-refractivity contribution in [1.29, 1.82) is 0 Å². The number of hydrogen-bond acceptors (Lipinski definition) is 3. The summed E-state index contributed by atoms with van der Waals surface area (Å²) in [6.07, 6.45) is 1.99. The number of aryl methyl sites for hydroxylation is 2. The molecule has 86 valence electrons. The van der Waals surface area contributed by atoms with Gasteiger partial charge in [-0.3, -0.25) is 0 Å². The van der Waals surface area contributed by atoms with Gasteiger partial charge in [0.1, 0.15) is 5.01 Å². The van der Waals surface area contributed by atoms with Crippen LogP contribution in [0.5, 0.6) is 0 Å². The van der Waals surface area contributed by atoms with Crippen LogP contribution in [-0.4, -0.2) is 4.98 Å². The average Bonchev–Trinajstić information content (AvgIpc) is 2.45. The minimum absolute atomic E-state index is 0.267. The highest BCUT2D eigenvalue weighted by Gasteiger charge is 2.26. The van der Waals surface area contributed by atoms with Crippen molar-refractivity contribution in [3.05, 3.63) is 15.6 Å². The van der Waals surface area contributed by atoms with Crippen LogP contribution in [0.3, 0.4) is 0 Å². The molecule has 0 fully saturated rings. The lowest BCUT2D eigenvalue weighted by molar-refractivity contribution is 0.378.